The summed E-state index contributed by atoms with van der Waals surface area (Å²) in [6.45, 7) is 1.58. The minimum Gasteiger partial charge on any atom is -0.382 e. The maximum atomic E-state index is 11.3. The molecule has 0 aliphatic heterocycles. The lowest BCUT2D eigenvalue weighted by atomic mass is 9.87. The van der Waals surface area contributed by atoms with E-state index in [1.54, 1.807) is 6.92 Å². The van der Waals surface area contributed by atoms with Crippen molar-refractivity contribution in [2.24, 2.45) is 5.92 Å². The molecule has 1 N–H and O–H groups in total. The molecule has 1 aliphatic carbocycles. The molecule has 0 atom stereocenters. The number of anilines is 1. The van der Waals surface area contributed by atoms with Crippen LogP contribution in [0.5, 0.6) is 0 Å². The van der Waals surface area contributed by atoms with E-state index < -0.39 is 0 Å². The Morgan fingerprint density at radius 3 is 2.67 bits per heavy atom. The van der Waals surface area contributed by atoms with Gasteiger partial charge in [-0.3, -0.25) is 4.79 Å². The van der Waals surface area contributed by atoms with Crippen LogP contribution < -0.4 is 5.32 Å². The van der Waals surface area contributed by atoms with Crippen molar-refractivity contribution in [1.82, 2.24) is 0 Å². The summed E-state index contributed by atoms with van der Waals surface area (Å²) in [7, 11) is 0. The standard InChI is InChI=1S/C15H18N2O/c1-11(18)13-3-2-4-15(9-13)17-14-7-5-12(10-16)6-8-14/h2-4,9,12,14,17H,5-8H2,1H3. The molecular weight excluding hydrogens is 224 g/mol. The van der Waals surface area contributed by atoms with Crippen LogP contribution in [0.2, 0.25) is 0 Å². The zero-order valence-electron chi connectivity index (χ0n) is 10.6. The molecule has 0 radical (unpaired) electrons. The van der Waals surface area contributed by atoms with Gasteiger partial charge in [0.15, 0.2) is 5.78 Å². The topological polar surface area (TPSA) is 52.9 Å². The summed E-state index contributed by atoms with van der Waals surface area (Å²) in [6, 6.07) is 10.4. The number of Topliss-reactive ketones (excluding diaryl/α,β-unsaturated/α-hetero) is 1. The summed E-state index contributed by atoms with van der Waals surface area (Å²) >= 11 is 0. The zero-order chi connectivity index (χ0) is 13.0. The monoisotopic (exact) mass is 242 g/mol. The number of carbonyl (C=O) groups is 1. The van der Waals surface area contributed by atoms with Crippen LogP contribution in [-0.2, 0) is 0 Å². The van der Waals surface area contributed by atoms with Crippen molar-refractivity contribution in [2.45, 2.75) is 38.6 Å². The van der Waals surface area contributed by atoms with Crippen LogP contribution in [0.15, 0.2) is 24.3 Å². The minimum absolute atomic E-state index is 0.0897. The van der Waals surface area contributed by atoms with Crippen LogP contribution in [0.4, 0.5) is 5.69 Å². The van der Waals surface area contributed by atoms with Crippen molar-refractivity contribution in [3.05, 3.63) is 29.8 Å². The van der Waals surface area contributed by atoms with E-state index in [9.17, 15) is 4.79 Å². The van der Waals surface area contributed by atoms with Gasteiger partial charge in [-0.25, -0.2) is 0 Å². The highest BCUT2D eigenvalue weighted by Gasteiger charge is 2.20. The van der Waals surface area contributed by atoms with Gasteiger partial charge in [0.05, 0.1) is 6.07 Å². The van der Waals surface area contributed by atoms with E-state index in [1.165, 1.54) is 0 Å². The van der Waals surface area contributed by atoms with Crippen molar-refractivity contribution in [3.8, 4) is 6.07 Å². The summed E-state index contributed by atoms with van der Waals surface area (Å²) in [6.07, 6.45) is 4.01. The first kappa shape index (κ1) is 12.6. The molecule has 0 spiro atoms. The van der Waals surface area contributed by atoms with Crippen molar-refractivity contribution < 1.29 is 4.79 Å². The number of ketones is 1. The molecule has 1 saturated carbocycles. The van der Waals surface area contributed by atoms with Crippen LogP contribution in [0.1, 0.15) is 43.0 Å². The Kier molecular flexibility index (Phi) is 3.99. The predicted molar refractivity (Wildman–Crippen MR) is 71.4 cm³/mol. The van der Waals surface area contributed by atoms with Crippen molar-refractivity contribution in [2.75, 3.05) is 5.32 Å². The number of hydrogen-bond acceptors (Lipinski definition) is 3. The first-order valence-electron chi connectivity index (χ1n) is 6.46. The Morgan fingerprint density at radius 2 is 2.06 bits per heavy atom. The summed E-state index contributed by atoms with van der Waals surface area (Å²) in [5, 5.41) is 12.3. The van der Waals surface area contributed by atoms with E-state index in [-0.39, 0.29) is 11.7 Å². The Balaban J connectivity index is 1.96. The lowest BCUT2D eigenvalue weighted by Crippen LogP contribution is -2.25. The minimum atomic E-state index is 0.0897. The second kappa shape index (κ2) is 5.68. The van der Waals surface area contributed by atoms with E-state index >= 15 is 0 Å². The molecule has 1 aromatic rings. The number of rotatable bonds is 3. The average molecular weight is 242 g/mol. The van der Waals surface area contributed by atoms with E-state index in [1.807, 2.05) is 24.3 Å². The number of nitrogens with zero attached hydrogens (tertiary/aromatic N) is 1. The van der Waals surface area contributed by atoms with E-state index in [0.717, 1.165) is 36.9 Å². The largest absolute Gasteiger partial charge is 0.382 e. The molecule has 0 unspecified atom stereocenters. The summed E-state index contributed by atoms with van der Waals surface area (Å²) in [5.74, 6) is 0.318. The molecule has 18 heavy (non-hydrogen) atoms. The molecule has 94 valence electrons. The first-order valence-corrected chi connectivity index (χ1v) is 6.46. The normalized spacial score (nSPS) is 23.1. The lowest BCUT2D eigenvalue weighted by Gasteiger charge is -2.26. The SMILES string of the molecule is CC(=O)c1cccc(NC2CCC(C#N)CC2)c1. The fourth-order valence-electron chi connectivity index (χ4n) is 2.43. The third-order valence-corrected chi connectivity index (χ3v) is 3.55. The highest BCUT2D eigenvalue weighted by atomic mass is 16.1. The molecule has 3 heteroatoms. The predicted octanol–water partition coefficient (Wildman–Crippen LogP) is 3.38. The van der Waals surface area contributed by atoms with Gasteiger partial charge in [-0.2, -0.15) is 5.26 Å². The average Bonchev–Trinajstić information content (AvgIpc) is 2.40. The molecular formula is C15H18N2O. The Bertz CT molecular complexity index is 468. The summed E-state index contributed by atoms with van der Waals surface area (Å²) in [4.78, 5) is 11.3. The van der Waals surface area contributed by atoms with Gasteiger partial charge in [0, 0.05) is 23.2 Å². The number of carbonyl (C=O) groups excluding carboxylic acids is 1. The Morgan fingerprint density at radius 1 is 1.33 bits per heavy atom. The summed E-state index contributed by atoms with van der Waals surface area (Å²) < 4.78 is 0. The molecule has 2 rings (SSSR count). The quantitative estimate of drug-likeness (QED) is 0.827. The molecule has 0 aromatic heterocycles. The first-order chi connectivity index (χ1) is 8.69. The fraction of sp³-hybridized carbons (Fsp3) is 0.467. The van der Waals surface area contributed by atoms with E-state index in [0.29, 0.717) is 6.04 Å². The zero-order valence-corrected chi connectivity index (χ0v) is 10.6. The maximum absolute atomic E-state index is 11.3. The van der Waals surface area contributed by atoms with Crippen LogP contribution >= 0.6 is 0 Å². The van der Waals surface area contributed by atoms with E-state index in [2.05, 4.69) is 11.4 Å². The van der Waals surface area contributed by atoms with Gasteiger partial charge in [-0.05, 0) is 44.7 Å². The highest BCUT2D eigenvalue weighted by molar-refractivity contribution is 5.94. The molecule has 1 aromatic carbocycles. The van der Waals surface area contributed by atoms with Gasteiger partial charge in [-0.15, -0.1) is 0 Å². The van der Waals surface area contributed by atoms with Crippen molar-refractivity contribution >= 4 is 11.5 Å². The Hall–Kier alpha value is -1.82. The van der Waals surface area contributed by atoms with Crippen LogP contribution in [-0.4, -0.2) is 11.8 Å². The molecule has 1 aliphatic rings. The molecule has 0 saturated heterocycles. The van der Waals surface area contributed by atoms with Crippen LogP contribution in [0.3, 0.4) is 0 Å². The van der Waals surface area contributed by atoms with Gasteiger partial charge in [0.25, 0.3) is 0 Å². The molecule has 3 nitrogen and oxygen atoms in total. The van der Waals surface area contributed by atoms with Crippen molar-refractivity contribution in [3.63, 3.8) is 0 Å². The van der Waals surface area contributed by atoms with Crippen molar-refractivity contribution in [1.29, 1.82) is 5.26 Å². The van der Waals surface area contributed by atoms with Crippen LogP contribution in [0.25, 0.3) is 0 Å². The van der Waals surface area contributed by atoms with Gasteiger partial charge < -0.3 is 5.32 Å². The molecule has 0 heterocycles. The number of nitriles is 1. The molecule has 1 fully saturated rings. The fourth-order valence-corrected chi connectivity index (χ4v) is 2.43. The van der Waals surface area contributed by atoms with Gasteiger partial charge in [0.2, 0.25) is 0 Å². The summed E-state index contributed by atoms with van der Waals surface area (Å²) in [5.41, 5.74) is 1.74. The highest BCUT2D eigenvalue weighted by Crippen LogP contribution is 2.26. The molecule has 0 bridgehead atoms. The Labute approximate surface area is 108 Å². The van der Waals surface area contributed by atoms with Gasteiger partial charge in [0.1, 0.15) is 0 Å². The van der Waals surface area contributed by atoms with E-state index in [4.69, 9.17) is 5.26 Å². The third kappa shape index (κ3) is 3.10. The third-order valence-electron chi connectivity index (χ3n) is 3.55. The number of hydrogen-bond donors (Lipinski definition) is 1. The number of benzene rings is 1. The number of nitrogens with one attached hydrogen (secondary N) is 1. The van der Waals surface area contributed by atoms with Gasteiger partial charge in [-0.1, -0.05) is 12.1 Å². The van der Waals surface area contributed by atoms with Gasteiger partial charge >= 0.3 is 0 Å². The second-order valence-electron chi connectivity index (χ2n) is 4.96. The second-order valence-corrected chi connectivity index (χ2v) is 4.96. The molecule has 0 amide bonds. The maximum Gasteiger partial charge on any atom is 0.159 e. The van der Waals surface area contributed by atoms with Crippen LogP contribution in [0, 0.1) is 17.2 Å². The smallest absolute Gasteiger partial charge is 0.159 e. The lowest BCUT2D eigenvalue weighted by molar-refractivity contribution is 0.101.